The van der Waals surface area contributed by atoms with E-state index in [0.717, 1.165) is 17.3 Å². The van der Waals surface area contributed by atoms with Crippen LogP contribution in [0.4, 0.5) is 17.3 Å². The van der Waals surface area contributed by atoms with Crippen LogP contribution in [-0.2, 0) is 11.3 Å². The Balaban J connectivity index is 2.24. The van der Waals surface area contributed by atoms with Gasteiger partial charge in [0.1, 0.15) is 18.2 Å². The lowest BCUT2D eigenvalue weighted by molar-refractivity contribution is 0.178. The van der Waals surface area contributed by atoms with Gasteiger partial charge >= 0.3 is 0 Å². The molecule has 0 aliphatic carbocycles. The molecule has 0 saturated heterocycles. The first-order chi connectivity index (χ1) is 9.75. The molecular formula is C14H18N4OS. The Kier molecular flexibility index (Phi) is 5.20. The summed E-state index contributed by atoms with van der Waals surface area (Å²) < 4.78 is 5.09. The highest BCUT2D eigenvalue weighted by Gasteiger charge is 2.04. The predicted octanol–water partition coefficient (Wildman–Crippen LogP) is 3.13. The van der Waals surface area contributed by atoms with Gasteiger partial charge in [0.15, 0.2) is 5.82 Å². The van der Waals surface area contributed by atoms with Crippen molar-refractivity contribution in [3.05, 3.63) is 36.2 Å². The van der Waals surface area contributed by atoms with Crippen LogP contribution < -0.4 is 10.6 Å². The van der Waals surface area contributed by atoms with Gasteiger partial charge in [-0.05, 0) is 24.5 Å². The topological polar surface area (TPSA) is 59.1 Å². The summed E-state index contributed by atoms with van der Waals surface area (Å²) in [6.45, 7) is 0.384. The lowest BCUT2D eigenvalue weighted by Crippen LogP contribution is -2.04. The third-order valence-electron chi connectivity index (χ3n) is 2.64. The molecule has 6 heteroatoms. The Morgan fingerprint density at radius 2 is 2.00 bits per heavy atom. The third kappa shape index (κ3) is 3.85. The van der Waals surface area contributed by atoms with Crippen molar-refractivity contribution in [1.29, 1.82) is 0 Å². The second-order valence-electron chi connectivity index (χ2n) is 4.09. The number of aromatic nitrogens is 2. The quantitative estimate of drug-likeness (QED) is 0.797. The van der Waals surface area contributed by atoms with Gasteiger partial charge in [-0.3, -0.25) is 0 Å². The molecule has 0 unspecified atom stereocenters. The van der Waals surface area contributed by atoms with Gasteiger partial charge in [0.25, 0.3) is 0 Å². The fourth-order valence-electron chi connectivity index (χ4n) is 1.73. The average molecular weight is 290 g/mol. The van der Waals surface area contributed by atoms with Crippen molar-refractivity contribution in [2.24, 2.45) is 0 Å². The number of nitrogens with one attached hydrogen (secondary N) is 2. The molecule has 2 N–H and O–H groups in total. The zero-order chi connectivity index (χ0) is 14.4. The first kappa shape index (κ1) is 14.6. The van der Waals surface area contributed by atoms with Crippen LogP contribution >= 0.6 is 11.8 Å². The van der Waals surface area contributed by atoms with Crippen LogP contribution in [0.5, 0.6) is 0 Å². The Morgan fingerprint density at radius 1 is 1.20 bits per heavy atom. The van der Waals surface area contributed by atoms with Gasteiger partial charge < -0.3 is 15.4 Å². The second-order valence-corrected chi connectivity index (χ2v) is 4.97. The lowest BCUT2D eigenvalue weighted by atomic mass is 10.3. The first-order valence-corrected chi connectivity index (χ1v) is 7.43. The Morgan fingerprint density at radius 3 is 2.70 bits per heavy atom. The van der Waals surface area contributed by atoms with Gasteiger partial charge in [0.05, 0.1) is 0 Å². The SMILES string of the molecule is CNc1cc(Nc2cccc(SC)c2)nc(COC)n1. The molecule has 0 atom stereocenters. The summed E-state index contributed by atoms with van der Waals surface area (Å²) in [6.07, 6.45) is 2.06. The van der Waals surface area contributed by atoms with Gasteiger partial charge in [-0.15, -0.1) is 11.8 Å². The molecule has 1 heterocycles. The summed E-state index contributed by atoms with van der Waals surface area (Å²) >= 11 is 1.71. The van der Waals surface area contributed by atoms with Gasteiger partial charge in [-0.1, -0.05) is 6.07 Å². The standard InChI is InChI=1S/C14H18N4OS/c1-15-12-8-13(18-14(17-12)9-19-2)16-10-5-4-6-11(7-10)20-3/h4-8H,9H2,1-3H3,(H2,15,16,17,18). The number of methoxy groups -OCH3 is 1. The van der Waals surface area contributed by atoms with E-state index in [-0.39, 0.29) is 0 Å². The van der Waals surface area contributed by atoms with E-state index in [2.05, 4.69) is 39.0 Å². The van der Waals surface area contributed by atoms with Crippen LogP contribution in [0.3, 0.4) is 0 Å². The van der Waals surface area contributed by atoms with E-state index >= 15 is 0 Å². The highest BCUT2D eigenvalue weighted by atomic mass is 32.2. The van der Waals surface area contributed by atoms with Crippen molar-refractivity contribution in [3.8, 4) is 0 Å². The number of anilines is 3. The van der Waals surface area contributed by atoms with Crippen LogP contribution in [0.2, 0.25) is 0 Å². The molecule has 0 radical (unpaired) electrons. The van der Waals surface area contributed by atoms with E-state index in [0.29, 0.717) is 12.4 Å². The molecule has 0 aliphatic rings. The summed E-state index contributed by atoms with van der Waals surface area (Å²) in [5, 5.41) is 6.32. The van der Waals surface area contributed by atoms with Crippen LogP contribution in [0, 0.1) is 0 Å². The normalized spacial score (nSPS) is 10.3. The molecule has 106 valence electrons. The minimum absolute atomic E-state index is 0.384. The smallest absolute Gasteiger partial charge is 0.158 e. The maximum absolute atomic E-state index is 5.09. The molecule has 0 aliphatic heterocycles. The fourth-order valence-corrected chi connectivity index (χ4v) is 2.19. The molecule has 0 saturated carbocycles. The number of rotatable bonds is 6. The molecule has 5 nitrogen and oxygen atoms in total. The van der Waals surface area contributed by atoms with Crippen molar-refractivity contribution >= 4 is 29.1 Å². The minimum Gasteiger partial charge on any atom is -0.377 e. The highest BCUT2D eigenvalue weighted by Crippen LogP contribution is 2.22. The number of ether oxygens (including phenoxy) is 1. The molecule has 0 amide bonds. The molecular weight excluding hydrogens is 272 g/mol. The van der Waals surface area contributed by atoms with Gasteiger partial charge in [0, 0.05) is 30.8 Å². The molecule has 0 bridgehead atoms. The van der Waals surface area contributed by atoms with Crippen molar-refractivity contribution < 1.29 is 4.74 Å². The summed E-state index contributed by atoms with van der Waals surface area (Å²) in [4.78, 5) is 9.96. The third-order valence-corrected chi connectivity index (χ3v) is 3.37. The van der Waals surface area contributed by atoms with Crippen LogP contribution in [0.25, 0.3) is 0 Å². The molecule has 1 aromatic heterocycles. The first-order valence-electron chi connectivity index (χ1n) is 6.21. The van der Waals surface area contributed by atoms with E-state index in [1.807, 2.05) is 25.2 Å². The van der Waals surface area contributed by atoms with E-state index < -0.39 is 0 Å². The maximum atomic E-state index is 5.09. The van der Waals surface area contributed by atoms with Crippen molar-refractivity contribution in [1.82, 2.24) is 9.97 Å². The largest absolute Gasteiger partial charge is 0.377 e. The Bertz CT molecular complexity index is 577. The van der Waals surface area contributed by atoms with Crippen molar-refractivity contribution in [2.45, 2.75) is 11.5 Å². The Hall–Kier alpha value is -1.79. The van der Waals surface area contributed by atoms with Crippen LogP contribution in [0.1, 0.15) is 5.82 Å². The predicted molar refractivity (Wildman–Crippen MR) is 83.8 cm³/mol. The number of hydrogen-bond donors (Lipinski definition) is 2. The highest BCUT2D eigenvalue weighted by molar-refractivity contribution is 7.98. The number of thioether (sulfide) groups is 1. The summed E-state index contributed by atoms with van der Waals surface area (Å²) in [5.41, 5.74) is 1.00. The molecule has 0 fully saturated rings. The van der Waals surface area contributed by atoms with Gasteiger partial charge in [-0.2, -0.15) is 0 Å². The van der Waals surface area contributed by atoms with E-state index in [4.69, 9.17) is 4.74 Å². The van der Waals surface area contributed by atoms with Gasteiger partial charge in [0.2, 0.25) is 0 Å². The average Bonchev–Trinajstić information content (AvgIpc) is 2.47. The molecule has 0 spiro atoms. The Labute approximate surface area is 123 Å². The molecule has 20 heavy (non-hydrogen) atoms. The second kappa shape index (κ2) is 7.12. The maximum Gasteiger partial charge on any atom is 0.158 e. The number of nitrogens with zero attached hydrogens (tertiary/aromatic N) is 2. The van der Waals surface area contributed by atoms with E-state index in [9.17, 15) is 0 Å². The lowest BCUT2D eigenvalue weighted by Gasteiger charge is -2.10. The molecule has 2 rings (SSSR count). The fraction of sp³-hybridized carbons (Fsp3) is 0.286. The summed E-state index contributed by atoms with van der Waals surface area (Å²) in [5.74, 6) is 2.15. The number of hydrogen-bond acceptors (Lipinski definition) is 6. The zero-order valence-electron chi connectivity index (χ0n) is 11.8. The van der Waals surface area contributed by atoms with Crippen LogP contribution in [0.15, 0.2) is 35.2 Å². The van der Waals surface area contributed by atoms with Crippen molar-refractivity contribution in [2.75, 3.05) is 31.0 Å². The number of benzene rings is 1. The van der Waals surface area contributed by atoms with Crippen molar-refractivity contribution in [3.63, 3.8) is 0 Å². The molecule has 2 aromatic rings. The molecule has 1 aromatic carbocycles. The minimum atomic E-state index is 0.384. The van der Waals surface area contributed by atoms with E-state index in [1.54, 1.807) is 18.9 Å². The van der Waals surface area contributed by atoms with E-state index in [1.165, 1.54) is 4.90 Å². The summed E-state index contributed by atoms with van der Waals surface area (Å²) in [7, 11) is 3.46. The summed E-state index contributed by atoms with van der Waals surface area (Å²) in [6, 6.07) is 10.1. The zero-order valence-corrected chi connectivity index (χ0v) is 12.6. The monoisotopic (exact) mass is 290 g/mol. The van der Waals surface area contributed by atoms with Gasteiger partial charge in [-0.25, -0.2) is 9.97 Å². The van der Waals surface area contributed by atoms with Crippen LogP contribution in [-0.4, -0.2) is 30.4 Å².